The molecule has 0 radical (unpaired) electrons. The smallest absolute Gasteiger partial charge is 0.337 e. The van der Waals surface area contributed by atoms with Crippen LogP contribution in [0.15, 0.2) is 48.5 Å². The number of likely N-dealkylation sites (tertiary alicyclic amines) is 1. The number of carbonyl (C=O) groups is 4. The number of nitrogens with zero attached hydrogens (tertiary/aromatic N) is 2. The second-order valence-electron chi connectivity index (χ2n) is 7.15. The maximum absolute atomic E-state index is 12.0. The summed E-state index contributed by atoms with van der Waals surface area (Å²) < 4.78 is 10.0. The van der Waals surface area contributed by atoms with Crippen molar-refractivity contribution in [2.75, 3.05) is 25.1 Å². The Morgan fingerprint density at radius 1 is 1.03 bits per heavy atom. The van der Waals surface area contributed by atoms with Gasteiger partial charge in [0.1, 0.15) is 19.0 Å². The van der Waals surface area contributed by atoms with E-state index in [1.165, 1.54) is 29.2 Å². The third-order valence-electron chi connectivity index (χ3n) is 4.75. The van der Waals surface area contributed by atoms with Crippen LogP contribution < -0.4 is 10.1 Å². The molecule has 2 aromatic rings. The standard InChI is InChI=1S/C22H21N3O8/c26-19(13-32-14-22(29)33-18-8-6-17(7-9-18)25(30)31)23-16-4-1-15(2-5-16)3-10-20(27)24-12-11-21(24)28/h1-2,4-9H,3,10-14H2,(H,23,26). The van der Waals surface area contributed by atoms with Gasteiger partial charge in [0.15, 0.2) is 0 Å². The van der Waals surface area contributed by atoms with Gasteiger partial charge in [-0.3, -0.25) is 29.4 Å². The number of esters is 1. The monoisotopic (exact) mass is 455 g/mol. The van der Waals surface area contributed by atoms with Crippen molar-refractivity contribution in [3.05, 3.63) is 64.2 Å². The molecule has 1 N–H and O–H groups in total. The highest BCUT2D eigenvalue weighted by Gasteiger charge is 2.29. The van der Waals surface area contributed by atoms with Crippen LogP contribution in [0, 0.1) is 10.1 Å². The fourth-order valence-electron chi connectivity index (χ4n) is 2.94. The highest BCUT2D eigenvalue weighted by atomic mass is 16.6. The third kappa shape index (κ3) is 6.94. The van der Waals surface area contributed by atoms with Crippen molar-refractivity contribution in [3.63, 3.8) is 0 Å². The number of nitrogens with one attached hydrogen (secondary N) is 1. The van der Waals surface area contributed by atoms with E-state index in [0.717, 1.165) is 5.56 Å². The van der Waals surface area contributed by atoms with E-state index in [9.17, 15) is 29.3 Å². The van der Waals surface area contributed by atoms with E-state index in [-0.39, 0.29) is 36.3 Å². The predicted molar refractivity (Wildman–Crippen MR) is 114 cm³/mol. The van der Waals surface area contributed by atoms with Crippen molar-refractivity contribution in [2.45, 2.75) is 19.3 Å². The fourth-order valence-corrected chi connectivity index (χ4v) is 2.94. The number of amides is 3. The molecular formula is C22H21N3O8. The van der Waals surface area contributed by atoms with Crippen molar-refractivity contribution in [2.24, 2.45) is 0 Å². The van der Waals surface area contributed by atoms with Gasteiger partial charge in [-0.25, -0.2) is 4.79 Å². The molecule has 0 aliphatic carbocycles. The van der Waals surface area contributed by atoms with Gasteiger partial charge in [-0.05, 0) is 36.2 Å². The number of hydrogen-bond acceptors (Lipinski definition) is 8. The lowest BCUT2D eigenvalue weighted by atomic mass is 10.1. The van der Waals surface area contributed by atoms with Gasteiger partial charge in [-0.15, -0.1) is 0 Å². The molecule has 1 heterocycles. The molecule has 1 aliphatic heterocycles. The highest BCUT2D eigenvalue weighted by Crippen LogP contribution is 2.17. The van der Waals surface area contributed by atoms with Crippen LogP contribution >= 0.6 is 0 Å². The molecule has 0 saturated carbocycles. The SMILES string of the molecule is O=C(COCC(=O)Oc1ccc([N+](=O)[O-])cc1)Nc1ccc(CCC(=O)N2CCC2=O)cc1. The van der Waals surface area contributed by atoms with Gasteiger partial charge in [0, 0.05) is 37.2 Å². The Morgan fingerprint density at radius 2 is 1.73 bits per heavy atom. The number of non-ortho nitro benzene ring substituents is 1. The molecule has 3 amide bonds. The van der Waals surface area contributed by atoms with E-state index in [0.29, 0.717) is 25.1 Å². The van der Waals surface area contributed by atoms with Crippen molar-refractivity contribution in [3.8, 4) is 5.75 Å². The maximum atomic E-state index is 12.0. The Hall–Kier alpha value is -4.12. The quantitative estimate of drug-likeness (QED) is 0.188. The largest absolute Gasteiger partial charge is 0.425 e. The fraction of sp³-hybridized carbons (Fsp3) is 0.273. The van der Waals surface area contributed by atoms with Crippen LogP contribution in [0.5, 0.6) is 5.75 Å². The number of ether oxygens (including phenoxy) is 2. The first-order valence-electron chi connectivity index (χ1n) is 10.1. The molecule has 172 valence electrons. The average Bonchev–Trinajstić information content (AvgIpc) is 2.78. The van der Waals surface area contributed by atoms with E-state index in [1.807, 2.05) is 0 Å². The first-order valence-corrected chi connectivity index (χ1v) is 10.1. The van der Waals surface area contributed by atoms with Gasteiger partial charge in [0.25, 0.3) is 5.69 Å². The van der Waals surface area contributed by atoms with E-state index in [2.05, 4.69) is 5.32 Å². The lowest BCUT2D eigenvalue weighted by Crippen LogP contribution is -2.47. The van der Waals surface area contributed by atoms with Gasteiger partial charge >= 0.3 is 5.97 Å². The summed E-state index contributed by atoms with van der Waals surface area (Å²) in [7, 11) is 0. The molecule has 33 heavy (non-hydrogen) atoms. The van der Waals surface area contributed by atoms with Gasteiger partial charge in [-0.1, -0.05) is 12.1 Å². The Kier molecular flexibility index (Phi) is 7.82. The van der Waals surface area contributed by atoms with Gasteiger partial charge in [0.05, 0.1) is 4.92 Å². The van der Waals surface area contributed by atoms with Gasteiger partial charge in [-0.2, -0.15) is 0 Å². The molecule has 0 spiro atoms. The Morgan fingerprint density at radius 3 is 2.30 bits per heavy atom. The number of carbonyl (C=O) groups excluding carboxylic acids is 4. The summed E-state index contributed by atoms with van der Waals surface area (Å²) in [5.74, 6) is -1.43. The lowest BCUT2D eigenvalue weighted by molar-refractivity contribution is -0.384. The molecule has 0 atom stereocenters. The predicted octanol–water partition coefficient (Wildman–Crippen LogP) is 1.85. The number of imide groups is 1. The van der Waals surface area contributed by atoms with Gasteiger partial charge in [0.2, 0.25) is 17.7 Å². The number of benzene rings is 2. The van der Waals surface area contributed by atoms with Gasteiger partial charge < -0.3 is 14.8 Å². The number of β-lactam (4-membered cyclic amide) rings is 1. The van der Waals surface area contributed by atoms with Crippen molar-refractivity contribution >= 4 is 35.1 Å². The van der Waals surface area contributed by atoms with Crippen LogP contribution in [0.25, 0.3) is 0 Å². The first-order chi connectivity index (χ1) is 15.8. The molecule has 0 unspecified atom stereocenters. The summed E-state index contributed by atoms with van der Waals surface area (Å²) in [6.45, 7) is -0.369. The molecule has 0 bridgehead atoms. The maximum Gasteiger partial charge on any atom is 0.337 e. The summed E-state index contributed by atoms with van der Waals surface area (Å²) in [4.78, 5) is 58.1. The van der Waals surface area contributed by atoms with E-state index >= 15 is 0 Å². The molecular weight excluding hydrogens is 434 g/mol. The van der Waals surface area contributed by atoms with E-state index in [1.54, 1.807) is 24.3 Å². The minimum atomic E-state index is -0.754. The van der Waals surface area contributed by atoms with Crippen LogP contribution in [0.3, 0.4) is 0 Å². The Labute approximate surface area is 188 Å². The minimum absolute atomic E-state index is 0.122. The first kappa shape index (κ1) is 23.5. The molecule has 1 fully saturated rings. The van der Waals surface area contributed by atoms with E-state index in [4.69, 9.17) is 9.47 Å². The Bertz CT molecular complexity index is 1050. The van der Waals surface area contributed by atoms with Crippen molar-refractivity contribution in [1.29, 1.82) is 0 Å². The zero-order chi connectivity index (χ0) is 23.8. The van der Waals surface area contributed by atoms with Crippen molar-refractivity contribution in [1.82, 2.24) is 4.90 Å². The number of nitro groups is 1. The summed E-state index contributed by atoms with van der Waals surface area (Å²) in [6, 6.07) is 11.9. The Balaban J connectivity index is 1.34. The average molecular weight is 455 g/mol. The second kappa shape index (κ2) is 11.0. The normalized spacial score (nSPS) is 12.6. The lowest BCUT2D eigenvalue weighted by Gasteiger charge is -2.28. The number of rotatable bonds is 10. The minimum Gasteiger partial charge on any atom is -0.425 e. The van der Waals surface area contributed by atoms with Crippen LogP contribution in [0.2, 0.25) is 0 Å². The van der Waals surface area contributed by atoms with E-state index < -0.39 is 23.4 Å². The molecule has 1 saturated heterocycles. The molecule has 3 rings (SSSR count). The number of anilines is 1. The summed E-state index contributed by atoms with van der Waals surface area (Å²) in [5, 5.41) is 13.2. The summed E-state index contributed by atoms with van der Waals surface area (Å²) in [6.07, 6.45) is 1.14. The topological polar surface area (TPSA) is 145 Å². The number of hydrogen-bond donors (Lipinski definition) is 1. The molecule has 1 aliphatic rings. The number of nitro benzene ring substituents is 1. The molecule has 11 heteroatoms. The van der Waals surface area contributed by atoms with Crippen LogP contribution in [-0.4, -0.2) is 53.3 Å². The molecule has 11 nitrogen and oxygen atoms in total. The third-order valence-corrected chi connectivity index (χ3v) is 4.75. The zero-order valence-electron chi connectivity index (χ0n) is 17.5. The van der Waals surface area contributed by atoms with Crippen molar-refractivity contribution < 1.29 is 33.6 Å². The van der Waals surface area contributed by atoms with Crippen LogP contribution in [0.4, 0.5) is 11.4 Å². The van der Waals surface area contributed by atoms with Crippen LogP contribution in [-0.2, 0) is 30.3 Å². The zero-order valence-corrected chi connectivity index (χ0v) is 17.5. The highest BCUT2D eigenvalue weighted by molar-refractivity contribution is 5.99. The summed E-state index contributed by atoms with van der Waals surface area (Å²) >= 11 is 0. The molecule has 2 aromatic carbocycles. The second-order valence-corrected chi connectivity index (χ2v) is 7.15. The number of aryl methyl sites for hydroxylation is 1. The van der Waals surface area contributed by atoms with Crippen LogP contribution in [0.1, 0.15) is 18.4 Å². The molecule has 0 aromatic heterocycles. The summed E-state index contributed by atoms with van der Waals surface area (Å²) in [5.41, 5.74) is 1.28.